The lowest BCUT2D eigenvalue weighted by Crippen LogP contribution is -2.38. The van der Waals surface area contributed by atoms with Crippen molar-refractivity contribution >= 4 is 6.16 Å². The molecule has 20 heavy (non-hydrogen) atoms. The number of hydrogen-bond donors (Lipinski definition) is 0. The van der Waals surface area contributed by atoms with E-state index in [0.29, 0.717) is 25.3 Å². The van der Waals surface area contributed by atoms with Gasteiger partial charge in [0.25, 0.3) is 0 Å². The summed E-state index contributed by atoms with van der Waals surface area (Å²) in [7, 11) is 0. The Morgan fingerprint density at radius 2 is 1.55 bits per heavy atom. The summed E-state index contributed by atoms with van der Waals surface area (Å²) in [5, 5.41) is 0. The highest BCUT2D eigenvalue weighted by molar-refractivity contribution is 5.59. The molecule has 3 rings (SSSR count). The van der Waals surface area contributed by atoms with E-state index in [-0.39, 0.29) is 0 Å². The van der Waals surface area contributed by atoms with Crippen molar-refractivity contribution in [2.75, 3.05) is 13.2 Å². The maximum atomic E-state index is 11.2. The molecule has 4 heteroatoms. The van der Waals surface area contributed by atoms with Gasteiger partial charge >= 0.3 is 6.16 Å². The Labute approximate surface area is 119 Å². The molecule has 2 bridgehead atoms. The minimum Gasteiger partial charge on any atom is -0.434 e. The number of fused-ring (bicyclic) bond motifs is 2. The lowest BCUT2D eigenvalue weighted by atomic mass is 10.1. The van der Waals surface area contributed by atoms with E-state index >= 15 is 0 Å². The first-order chi connectivity index (χ1) is 9.83. The van der Waals surface area contributed by atoms with Gasteiger partial charge < -0.3 is 9.47 Å². The third kappa shape index (κ3) is 3.12. The molecule has 0 spiro atoms. The van der Waals surface area contributed by atoms with Gasteiger partial charge in [-0.3, -0.25) is 4.90 Å². The Bertz CT molecular complexity index is 428. The maximum absolute atomic E-state index is 11.2. The van der Waals surface area contributed by atoms with Gasteiger partial charge in [0.15, 0.2) is 0 Å². The zero-order valence-corrected chi connectivity index (χ0v) is 11.7. The summed E-state index contributed by atoms with van der Waals surface area (Å²) in [6.45, 7) is 1.90. The molecule has 2 aliphatic rings. The van der Waals surface area contributed by atoms with Crippen LogP contribution in [0.2, 0.25) is 0 Å². The van der Waals surface area contributed by atoms with Crippen LogP contribution in [0.25, 0.3) is 0 Å². The van der Waals surface area contributed by atoms with Crippen LogP contribution in [0.15, 0.2) is 30.3 Å². The molecule has 1 aromatic rings. The molecular weight excluding hydrogens is 254 g/mol. The molecular formula is C16H21NO3. The fourth-order valence-electron chi connectivity index (χ4n) is 3.29. The Kier molecular flexibility index (Phi) is 4.21. The van der Waals surface area contributed by atoms with Crippen LogP contribution in [-0.2, 0) is 16.0 Å². The number of benzene rings is 1. The average molecular weight is 275 g/mol. The SMILES string of the molecule is O=C1OCC[C@@H]2CC[C@H](CCO1)N2Cc1ccccc1. The fraction of sp³-hybridized carbons (Fsp3) is 0.562. The van der Waals surface area contributed by atoms with Gasteiger partial charge in [-0.15, -0.1) is 0 Å². The summed E-state index contributed by atoms with van der Waals surface area (Å²) in [6.07, 6.45) is 3.67. The Morgan fingerprint density at radius 3 is 2.15 bits per heavy atom. The number of cyclic esters (lactones) is 2. The number of ether oxygens (including phenoxy) is 2. The fourth-order valence-corrected chi connectivity index (χ4v) is 3.29. The van der Waals surface area contributed by atoms with Gasteiger partial charge in [-0.2, -0.15) is 0 Å². The van der Waals surface area contributed by atoms with E-state index in [1.807, 2.05) is 6.07 Å². The zero-order valence-electron chi connectivity index (χ0n) is 11.7. The molecule has 0 aliphatic carbocycles. The summed E-state index contributed by atoms with van der Waals surface area (Å²) in [5.74, 6) is 0. The molecule has 0 aromatic heterocycles. The predicted molar refractivity (Wildman–Crippen MR) is 75.3 cm³/mol. The average Bonchev–Trinajstić information content (AvgIpc) is 2.81. The second-order valence-corrected chi connectivity index (χ2v) is 5.57. The van der Waals surface area contributed by atoms with Crippen molar-refractivity contribution in [1.82, 2.24) is 4.90 Å². The Hall–Kier alpha value is -1.55. The van der Waals surface area contributed by atoms with E-state index in [1.54, 1.807) is 0 Å². The molecule has 108 valence electrons. The third-order valence-electron chi connectivity index (χ3n) is 4.32. The zero-order chi connectivity index (χ0) is 13.8. The highest BCUT2D eigenvalue weighted by Gasteiger charge is 2.33. The quantitative estimate of drug-likeness (QED) is 0.778. The van der Waals surface area contributed by atoms with Crippen LogP contribution in [0.3, 0.4) is 0 Å². The topological polar surface area (TPSA) is 38.8 Å². The summed E-state index contributed by atoms with van der Waals surface area (Å²) < 4.78 is 10.2. The Balaban J connectivity index is 1.70. The van der Waals surface area contributed by atoms with Gasteiger partial charge in [0.05, 0.1) is 13.2 Å². The number of nitrogens with zero attached hydrogens (tertiary/aromatic N) is 1. The molecule has 1 aromatic carbocycles. The second-order valence-electron chi connectivity index (χ2n) is 5.57. The van der Waals surface area contributed by atoms with E-state index in [4.69, 9.17) is 9.47 Å². The summed E-state index contributed by atoms with van der Waals surface area (Å²) in [6, 6.07) is 11.6. The van der Waals surface area contributed by atoms with Crippen LogP contribution < -0.4 is 0 Å². The summed E-state index contributed by atoms with van der Waals surface area (Å²) in [5.41, 5.74) is 1.35. The van der Waals surface area contributed by atoms with Crippen molar-refractivity contribution in [1.29, 1.82) is 0 Å². The summed E-state index contributed by atoms with van der Waals surface area (Å²) in [4.78, 5) is 13.8. The van der Waals surface area contributed by atoms with Gasteiger partial charge in [-0.05, 0) is 31.2 Å². The van der Waals surface area contributed by atoms with Crippen LogP contribution in [-0.4, -0.2) is 36.4 Å². The molecule has 0 saturated carbocycles. The van der Waals surface area contributed by atoms with Crippen LogP contribution in [0, 0.1) is 0 Å². The predicted octanol–water partition coefficient (Wildman–Crippen LogP) is 2.97. The van der Waals surface area contributed by atoms with Crippen LogP contribution in [0.4, 0.5) is 4.79 Å². The number of rotatable bonds is 2. The van der Waals surface area contributed by atoms with Crippen molar-refractivity contribution in [2.45, 2.75) is 44.3 Å². The molecule has 2 saturated heterocycles. The highest BCUT2D eigenvalue weighted by Crippen LogP contribution is 2.30. The first kappa shape index (κ1) is 13.4. The van der Waals surface area contributed by atoms with E-state index in [2.05, 4.69) is 29.2 Å². The van der Waals surface area contributed by atoms with Gasteiger partial charge in [0.2, 0.25) is 0 Å². The van der Waals surface area contributed by atoms with Gasteiger partial charge in [-0.1, -0.05) is 30.3 Å². The molecule has 2 heterocycles. The minimum absolute atomic E-state index is 0.460. The largest absolute Gasteiger partial charge is 0.508 e. The molecule has 2 aliphatic heterocycles. The van der Waals surface area contributed by atoms with E-state index < -0.39 is 6.16 Å². The van der Waals surface area contributed by atoms with E-state index in [1.165, 1.54) is 18.4 Å². The van der Waals surface area contributed by atoms with Gasteiger partial charge in [0, 0.05) is 18.6 Å². The summed E-state index contributed by atoms with van der Waals surface area (Å²) >= 11 is 0. The lowest BCUT2D eigenvalue weighted by molar-refractivity contribution is 0.0304. The molecule has 2 fully saturated rings. The Morgan fingerprint density at radius 1 is 0.950 bits per heavy atom. The lowest BCUT2D eigenvalue weighted by Gasteiger charge is -2.31. The smallest absolute Gasteiger partial charge is 0.434 e. The molecule has 0 radical (unpaired) electrons. The standard InChI is InChI=1S/C16H21NO3/c18-16-19-10-8-14-6-7-15(9-11-20-16)17(14)12-13-4-2-1-3-5-13/h1-5,14-15H,6-12H2/t14-,15+. The highest BCUT2D eigenvalue weighted by atomic mass is 16.7. The van der Waals surface area contributed by atoms with Crippen molar-refractivity contribution < 1.29 is 14.3 Å². The molecule has 0 unspecified atom stereocenters. The van der Waals surface area contributed by atoms with Gasteiger partial charge in [-0.25, -0.2) is 4.79 Å². The van der Waals surface area contributed by atoms with Crippen molar-refractivity contribution in [3.8, 4) is 0 Å². The van der Waals surface area contributed by atoms with Crippen LogP contribution >= 0.6 is 0 Å². The normalized spacial score (nSPS) is 27.7. The van der Waals surface area contributed by atoms with Crippen LogP contribution in [0.5, 0.6) is 0 Å². The minimum atomic E-state index is -0.513. The third-order valence-corrected chi connectivity index (χ3v) is 4.32. The molecule has 4 nitrogen and oxygen atoms in total. The van der Waals surface area contributed by atoms with Crippen LogP contribution in [0.1, 0.15) is 31.2 Å². The maximum Gasteiger partial charge on any atom is 0.508 e. The molecule has 0 N–H and O–H groups in total. The second kappa shape index (κ2) is 6.27. The van der Waals surface area contributed by atoms with Crippen molar-refractivity contribution in [3.63, 3.8) is 0 Å². The number of hydrogen-bond acceptors (Lipinski definition) is 4. The van der Waals surface area contributed by atoms with E-state index in [9.17, 15) is 4.79 Å². The first-order valence-corrected chi connectivity index (χ1v) is 7.42. The van der Waals surface area contributed by atoms with E-state index in [0.717, 1.165) is 19.4 Å². The van der Waals surface area contributed by atoms with Crippen molar-refractivity contribution in [3.05, 3.63) is 35.9 Å². The van der Waals surface area contributed by atoms with Gasteiger partial charge in [0.1, 0.15) is 0 Å². The van der Waals surface area contributed by atoms with Crippen molar-refractivity contribution in [2.24, 2.45) is 0 Å². The molecule has 2 atom stereocenters. The first-order valence-electron chi connectivity index (χ1n) is 7.42. The number of carbonyl (C=O) groups excluding carboxylic acids is 1. The number of carbonyl (C=O) groups is 1. The monoisotopic (exact) mass is 275 g/mol. The molecule has 0 amide bonds.